The number of hydrogen-bond acceptors (Lipinski definition) is 3. The highest BCUT2D eigenvalue weighted by molar-refractivity contribution is 7.31. The molecule has 0 unspecified atom stereocenters. The third-order valence-corrected chi connectivity index (χ3v) is 7.29. The molecule has 82 valence electrons. The molecule has 2 heterocycles. The maximum absolute atomic E-state index is 6.08. The van der Waals surface area contributed by atoms with Gasteiger partial charge in [-0.1, -0.05) is 31.2 Å². The summed E-state index contributed by atoms with van der Waals surface area (Å²) in [6.07, 6.45) is 5.28. The van der Waals surface area contributed by atoms with Gasteiger partial charge in [0, 0.05) is 0 Å². The number of aromatic nitrogens is 2. The van der Waals surface area contributed by atoms with Crippen molar-refractivity contribution in [3.63, 3.8) is 0 Å². The molecule has 0 aliphatic carbocycles. The van der Waals surface area contributed by atoms with Crippen molar-refractivity contribution >= 4 is 45.7 Å². The highest BCUT2D eigenvalue weighted by Gasteiger charge is 2.21. The average Bonchev–Trinajstić information content (AvgIpc) is 2.61. The average molecular weight is 267 g/mol. The second-order valence-corrected chi connectivity index (χ2v) is 11.4. The monoisotopic (exact) mass is 266 g/mol. The van der Waals surface area contributed by atoms with E-state index in [1.54, 1.807) is 11.3 Å². The van der Waals surface area contributed by atoms with E-state index < -0.39 is 8.07 Å². The zero-order valence-electron chi connectivity index (χ0n) is 9.34. The number of thiophene rings is 1. The molecule has 2 nitrogen and oxygen atoms in total. The first-order chi connectivity index (χ1) is 7.41. The molecular weight excluding hydrogens is 256 g/mol. The largest absolute Gasteiger partial charge is 0.220 e. The van der Waals surface area contributed by atoms with E-state index in [4.69, 9.17) is 18.0 Å². The maximum atomic E-state index is 6.08. The van der Waals surface area contributed by atoms with Crippen LogP contribution in [-0.4, -0.2) is 18.0 Å². The fraction of sp³-hybridized carbons (Fsp3) is 0.273. The van der Waals surface area contributed by atoms with E-state index in [2.05, 4.69) is 41.6 Å². The van der Waals surface area contributed by atoms with Crippen molar-refractivity contribution in [2.45, 2.75) is 19.6 Å². The molecule has 2 aromatic heterocycles. The summed E-state index contributed by atoms with van der Waals surface area (Å²) in [5, 5.41) is 0.465. The van der Waals surface area contributed by atoms with Crippen LogP contribution in [0, 0.1) is 12.3 Å². The van der Waals surface area contributed by atoms with Gasteiger partial charge in [0.1, 0.15) is 0 Å². The van der Waals surface area contributed by atoms with Crippen LogP contribution in [-0.2, 0) is 0 Å². The van der Waals surface area contributed by atoms with Crippen LogP contribution in [0.4, 0.5) is 0 Å². The van der Waals surface area contributed by atoms with Gasteiger partial charge in [0.05, 0.1) is 18.3 Å². The number of terminal acetylenes is 1. The first-order valence-corrected chi connectivity index (χ1v) is 9.55. The Morgan fingerprint density at radius 3 is 2.62 bits per heavy atom. The summed E-state index contributed by atoms with van der Waals surface area (Å²) in [5.41, 5.74) is 0.871. The van der Waals surface area contributed by atoms with Crippen LogP contribution < -0.4 is 4.50 Å². The first kappa shape index (κ1) is 11.6. The van der Waals surface area contributed by atoms with Crippen molar-refractivity contribution in [3.05, 3.63) is 17.0 Å². The van der Waals surface area contributed by atoms with Crippen LogP contribution in [0.5, 0.6) is 0 Å². The number of halogens is 1. The molecule has 0 spiro atoms. The van der Waals surface area contributed by atoms with Crippen molar-refractivity contribution in [2.75, 3.05) is 0 Å². The maximum Gasteiger partial charge on any atom is 0.206 e. The number of fused-ring (bicyclic) bond motifs is 1. The SMILES string of the molecule is C#Cc1nc(Cl)c2sc([Si](C)(C)C)cc2n1. The Bertz CT molecular complexity index is 592. The highest BCUT2D eigenvalue weighted by atomic mass is 35.5. The van der Waals surface area contributed by atoms with Crippen molar-refractivity contribution in [1.82, 2.24) is 9.97 Å². The molecule has 0 radical (unpaired) electrons. The van der Waals surface area contributed by atoms with Crippen LogP contribution in [0.1, 0.15) is 5.82 Å². The summed E-state index contributed by atoms with van der Waals surface area (Å²) in [7, 11) is -1.33. The topological polar surface area (TPSA) is 25.8 Å². The van der Waals surface area contributed by atoms with E-state index in [1.165, 1.54) is 4.50 Å². The number of rotatable bonds is 1. The van der Waals surface area contributed by atoms with Gasteiger partial charge < -0.3 is 0 Å². The van der Waals surface area contributed by atoms with Crippen molar-refractivity contribution in [2.24, 2.45) is 0 Å². The van der Waals surface area contributed by atoms with Crippen LogP contribution in [0.15, 0.2) is 6.07 Å². The van der Waals surface area contributed by atoms with Gasteiger partial charge in [0.25, 0.3) is 0 Å². The molecule has 2 rings (SSSR count). The Labute approximate surface area is 105 Å². The summed E-state index contributed by atoms with van der Waals surface area (Å²) >= 11 is 7.77. The van der Waals surface area contributed by atoms with Gasteiger partial charge in [0.15, 0.2) is 5.15 Å². The van der Waals surface area contributed by atoms with Gasteiger partial charge in [-0.15, -0.1) is 17.8 Å². The van der Waals surface area contributed by atoms with Crippen LogP contribution in [0.2, 0.25) is 24.8 Å². The van der Waals surface area contributed by atoms with E-state index >= 15 is 0 Å². The second-order valence-electron chi connectivity index (χ2n) is 4.56. The quantitative estimate of drug-likeness (QED) is 0.451. The van der Waals surface area contributed by atoms with Crippen LogP contribution >= 0.6 is 22.9 Å². The smallest absolute Gasteiger partial charge is 0.206 e. The normalized spacial score (nSPS) is 11.7. The lowest BCUT2D eigenvalue weighted by Gasteiger charge is -2.11. The van der Waals surface area contributed by atoms with Gasteiger partial charge in [-0.2, -0.15) is 0 Å². The summed E-state index contributed by atoms with van der Waals surface area (Å²) in [5.74, 6) is 2.78. The molecule has 0 saturated carbocycles. The zero-order valence-corrected chi connectivity index (χ0v) is 11.9. The minimum absolute atomic E-state index is 0.359. The molecule has 0 N–H and O–H groups in total. The van der Waals surface area contributed by atoms with E-state index in [0.717, 1.165) is 10.2 Å². The van der Waals surface area contributed by atoms with E-state index in [9.17, 15) is 0 Å². The molecule has 0 fully saturated rings. The lowest BCUT2D eigenvalue weighted by atomic mass is 10.4. The Morgan fingerprint density at radius 2 is 2.06 bits per heavy atom. The lowest BCUT2D eigenvalue weighted by molar-refractivity contribution is 1.18. The fourth-order valence-electron chi connectivity index (χ4n) is 1.33. The van der Waals surface area contributed by atoms with E-state index in [1.807, 2.05) is 0 Å². The Hall–Kier alpha value is -0.893. The van der Waals surface area contributed by atoms with Crippen molar-refractivity contribution in [1.29, 1.82) is 0 Å². The van der Waals surface area contributed by atoms with E-state index in [-0.39, 0.29) is 0 Å². The van der Waals surface area contributed by atoms with Gasteiger partial charge in [0.2, 0.25) is 5.82 Å². The third-order valence-electron chi connectivity index (χ3n) is 2.20. The number of hydrogen-bond donors (Lipinski definition) is 0. The third kappa shape index (κ3) is 1.99. The minimum Gasteiger partial charge on any atom is -0.220 e. The summed E-state index contributed by atoms with van der Waals surface area (Å²) < 4.78 is 2.31. The Balaban J connectivity index is 2.72. The summed E-state index contributed by atoms with van der Waals surface area (Å²) in [6.45, 7) is 6.88. The van der Waals surface area contributed by atoms with Gasteiger partial charge in [-0.3, -0.25) is 0 Å². The van der Waals surface area contributed by atoms with Gasteiger partial charge in [-0.25, -0.2) is 9.97 Å². The molecule has 16 heavy (non-hydrogen) atoms. The fourth-order valence-corrected chi connectivity index (χ4v) is 4.45. The Morgan fingerprint density at radius 1 is 1.38 bits per heavy atom. The molecule has 0 amide bonds. The molecule has 2 aromatic rings. The first-order valence-electron chi connectivity index (χ1n) is 4.86. The van der Waals surface area contributed by atoms with Crippen molar-refractivity contribution < 1.29 is 0 Å². The Kier molecular flexibility index (Phi) is 2.78. The molecule has 0 aliphatic heterocycles. The molecule has 5 heteroatoms. The lowest BCUT2D eigenvalue weighted by Crippen LogP contribution is -2.34. The van der Waals surface area contributed by atoms with Crippen molar-refractivity contribution in [3.8, 4) is 12.3 Å². The second kappa shape index (κ2) is 3.84. The van der Waals surface area contributed by atoms with Gasteiger partial charge in [-0.05, 0) is 16.5 Å². The minimum atomic E-state index is -1.33. The molecule has 0 aromatic carbocycles. The summed E-state index contributed by atoms with van der Waals surface area (Å²) in [6, 6.07) is 2.10. The van der Waals surface area contributed by atoms with Crippen LogP contribution in [0.3, 0.4) is 0 Å². The standard InChI is InChI=1S/C11H11ClN2SSi/c1-5-8-13-7-6-9(16(2,3)4)15-10(7)11(12)14-8/h1,6H,2-4H3. The molecule has 0 saturated heterocycles. The van der Waals surface area contributed by atoms with Crippen LogP contribution in [0.25, 0.3) is 10.2 Å². The summed E-state index contributed by atoms with van der Waals surface area (Å²) in [4.78, 5) is 8.35. The molecular formula is C11H11ClN2SSi. The number of nitrogens with zero attached hydrogens (tertiary/aromatic N) is 2. The van der Waals surface area contributed by atoms with E-state index in [0.29, 0.717) is 11.0 Å². The molecule has 0 aliphatic rings. The predicted molar refractivity (Wildman–Crippen MR) is 73.3 cm³/mol. The molecule has 0 atom stereocenters. The molecule has 0 bridgehead atoms. The van der Waals surface area contributed by atoms with Gasteiger partial charge >= 0.3 is 0 Å². The predicted octanol–water partition coefficient (Wildman–Crippen LogP) is 2.87. The zero-order chi connectivity index (χ0) is 11.9. The highest BCUT2D eigenvalue weighted by Crippen LogP contribution is 2.26.